The largest absolute Gasteiger partial charge is 0.485 e. The standard InChI is InChI=1S/C12H10O4/c1-15-12(14)9-3-5-11-8(6-9)2-4-10(13)7-16-11/h2-6H,7H2,1H3. The van der Waals surface area contributed by atoms with Gasteiger partial charge in [-0.25, -0.2) is 4.79 Å². The monoisotopic (exact) mass is 218 g/mol. The summed E-state index contributed by atoms with van der Waals surface area (Å²) in [5, 5.41) is 0. The molecule has 1 aromatic rings. The zero-order chi connectivity index (χ0) is 11.5. The minimum atomic E-state index is -0.410. The molecule has 0 saturated carbocycles. The number of ether oxygens (including phenoxy) is 2. The summed E-state index contributed by atoms with van der Waals surface area (Å²) in [4.78, 5) is 22.4. The molecule has 0 unspecified atom stereocenters. The molecule has 0 saturated heterocycles. The Morgan fingerprint density at radius 1 is 1.38 bits per heavy atom. The van der Waals surface area contributed by atoms with Crippen molar-refractivity contribution < 1.29 is 19.1 Å². The van der Waals surface area contributed by atoms with Crippen molar-refractivity contribution in [2.75, 3.05) is 13.7 Å². The van der Waals surface area contributed by atoms with Crippen molar-refractivity contribution in [1.82, 2.24) is 0 Å². The van der Waals surface area contributed by atoms with Crippen LogP contribution in [0.1, 0.15) is 15.9 Å². The van der Waals surface area contributed by atoms with Crippen LogP contribution in [0.5, 0.6) is 5.75 Å². The number of fused-ring (bicyclic) bond motifs is 1. The maximum absolute atomic E-state index is 11.3. The topological polar surface area (TPSA) is 52.6 Å². The maximum Gasteiger partial charge on any atom is 0.337 e. The minimum Gasteiger partial charge on any atom is -0.485 e. The second kappa shape index (κ2) is 4.18. The summed E-state index contributed by atoms with van der Waals surface area (Å²) in [6.45, 7) is 0.0288. The normalized spacial score (nSPS) is 13.7. The molecule has 0 fully saturated rings. The van der Waals surface area contributed by atoms with Gasteiger partial charge in [-0.15, -0.1) is 0 Å². The van der Waals surface area contributed by atoms with Crippen LogP contribution in [0.3, 0.4) is 0 Å². The van der Waals surface area contributed by atoms with Gasteiger partial charge in [-0.3, -0.25) is 4.79 Å². The van der Waals surface area contributed by atoms with Gasteiger partial charge < -0.3 is 9.47 Å². The van der Waals surface area contributed by atoms with Gasteiger partial charge in [0.05, 0.1) is 12.7 Å². The Morgan fingerprint density at radius 3 is 2.94 bits per heavy atom. The van der Waals surface area contributed by atoms with Crippen LogP contribution < -0.4 is 4.74 Å². The van der Waals surface area contributed by atoms with E-state index < -0.39 is 5.97 Å². The van der Waals surface area contributed by atoms with E-state index in [4.69, 9.17) is 4.74 Å². The fourth-order valence-corrected chi connectivity index (χ4v) is 1.43. The van der Waals surface area contributed by atoms with E-state index >= 15 is 0 Å². The van der Waals surface area contributed by atoms with Crippen LogP contribution in [0.2, 0.25) is 0 Å². The third kappa shape index (κ3) is 1.95. The molecule has 0 aliphatic carbocycles. The van der Waals surface area contributed by atoms with E-state index in [1.54, 1.807) is 24.3 Å². The average molecular weight is 218 g/mol. The van der Waals surface area contributed by atoms with E-state index in [0.717, 1.165) is 0 Å². The number of methoxy groups -OCH3 is 1. The summed E-state index contributed by atoms with van der Waals surface area (Å²) in [7, 11) is 1.32. The molecule has 1 aliphatic rings. The van der Waals surface area contributed by atoms with Gasteiger partial charge in [-0.2, -0.15) is 0 Å². The van der Waals surface area contributed by atoms with Gasteiger partial charge in [0.2, 0.25) is 0 Å². The molecule has 1 heterocycles. The first-order valence-electron chi connectivity index (χ1n) is 4.77. The Kier molecular flexibility index (Phi) is 2.72. The van der Waals surface area contributed by atoms with E-state index in [2.05, 4.69) is 4.74 Å². The van der Waals surface area contributed by atoms with Crippen molar-refractivity contribution in [3.05, 3.63) is 35.4 Å². The molecule has 0 aromatic heterocycles. The van der Waals surface area contributed by atoms with Crippen LogP contribution in [0.25, 0.3) is 6.08 Å². The molecule has 0 spiro atoms. The lowest BCUT2D eigenvalue weighted by atomic mass is 10.1. The lowest BCUT2D eigenvalue weighted by Gasteiger charge is -2.06. The van der Waals surface area contributed by atoms with Crippen LogP contribution in [-0.4, -0.2) is 25.5 Å². The van der Waals surface area contributed by atoms with Gasteiger partial charge in [0, 0.05) is 5.56 Å². The third-order valence-electron chi connectivity index (χ3n) is 2.25. The fourth-order valence-electron chi connectivity index (χ4n) is 1.43. The molecule has 0 N–H and O–H groups in total. The smallest absolute Gasteiger partial charge is 0.337 e. The highest BCUT2D eigenvalue weighted by Gasteiger charge is 2.12. The number of esters is 1. The predicted octanol–water partition coefficient (Wildman–Crippen LogP) is 1.45. The molecule has 16 heavy (non-hydrogen) atoms. The summed E-state index contributed by atoms with van der Waals surface area (Å²) in [6, 6.07) is 4.90. The van der Waals surface area contributed by atoms with Gasteiger partial charge in [0.1, 0.15) is 5.75 Å². The fraction of sp³-hybridized carbons (Fsp3) is 0.167. The Labute approximate surface area is 92.5 Å². The van der Waals surface area contributed by atoms with Gasteiger partial charge in [-0.1, -0.05) is 0 Å². The summed E-state index contributed by atoms with van der Waals surface area (Å²) < 4.78 is 9.87. The van der Waals surface area contributed by atoms with Crippen molar-refractivity contribution >= 4 is 17.8 Å². The Hall–Kier alpha value is -2.10. The van der Waals surface area contributed by atoms with E-state index in [-0.39, 0.29) is 12.4 Å². The van der Waals surface area contributed by atoms with Crippen LogP contribution >= 0.6 is 0 Å². The van der Waals surface area contributed by atoms with Crippen molar-refractivity contribution in [1.29, 1.82) is 0 Å². The summed E-state index contributed by atoms with van der Waals surface area (Å²) >= 11 is 0. The zero-order valence-electron chi connectivity index (χ0n) is 8.73. The second-order valence-electron chi connectivity index (χ2n) is 3.33. The van der Waals surface area contributed by atoms with E-state index in [1.165, 1.54) is 13.2 Å². The highest BCUT2D eigenvalue weighted by molar-refractivity contribution is 5.97. The number of carbonyl (C=O) groups excluding carboxylic acids is 2. The van der Waals surface area contributed by atoms with Gasteiger partial charge >= 0.3 is 5.97 Å². The molecular weight excluding hydrogens is 208 g/mol. The average Bonchev–Trinajstić information content (AvgIpc) is 2.50. The van der Waals surface area contributed by atoms with Crippen molar-refractivity contribution in [3.63, 3.8) is 0 Å². The van der Waals surface area contributed by atoms with E-state index in [1.807, 2.05) is 0 Å². The molecule has 0 radical (unpaired) electrons. The molecule has 1 aromatic carbocycles. The summed E-state index contributed by atoms with van der Waals surface area (Å²) in [5.74, 6) is 0.0809. The molecule has 4 nitrogen and oxygen atoms in total. The van der Waals surface area contributed by atoms with Gasteiger partial charge in [0.15, 0.2) is 12.4 Å². The molecule has 1 aliphatic heterocycles. The van der Waals surface area contributed by atoms with E-state index in [9.17, 15) is 9.59 Å². The number of hydrogen-bond acceptors (Lipinski definition) is 4. The lowest BCUT2D eigenvalue weighted by molar-refractivity contribution is -0.116. The third-order valence-corrected chi connectivity index (χ3v) is 2.25. The van der Waals surface area contributed by atoms with Crippen molar-refractivity contribution in [2.24, 2.45) is 0 Å². The lowest BCUT2D eigenvalue weighted by Crippen LogP contribution is -2.07. The summed E-state index contributed by atoms with van der Waals surface area (Å²) in [6.07, 6.45) is 3.07. The Morgan fingerprint density at radius 2 is 2.19 bits per heavy atom. The Bertz CT molecular complexity index is 474. The van der Waals surface area contributed by atoms with Gasteiger partial charge in [-0.05, 0) is 30.4 Å². The molecule has 82 valence electrons. The number of benzene rings is 1. The number of rotatable bonds is 1. The quantitative estimate of drug-likeness (QED) is 0.669. The number of hydrogen-bond donors (Lipinski definition) is 0. The molecule has 2 rings (SSSR count). The highest BCUT2D eigenvalue weighted by atomic mass is 16.5. The predicted molar refractivity (Wildman–Crippen MR) is 57.3 cm³/mol. The first-order chi connectivity index (χ1) is 7.70. The van der Waals surface area contributed by atoms with Crippen molar-refractivity contribution in [3.8, 4) is 5.75 Å². The molecule has 4 heteroatoms. The van der Waals surface area contributed by atoms with Crippen LogP contribution in [-0.2, 0) is 9.53 Å². The highest BCUT2D eigenvalue weighted by Crippen LogP contribution is 2.23. The zero-order valence-corrected chi connectivity index (χ0v) is 8.73. The minimum absolute atomic E-state index is 0.0288. The van der Waals surface area contributed by atoms with E-state index in [0.29, 0.717) is 16.9 Å². The van der Waals surface area contributed by atoms with Crippen molar-refractivity contribution in [2.45, 2.75) is 0 Å². The SMILES string of the molecule is COC(=O)c1ccc2c(c1)C=CC(=O)CO2. The van der Waals surface area contributed by atoms with Crippen LogP contribution in [0.4, 0.5) is 0 Å². The molecule has 0 amide bonds. The molecular formula is C12H10O4. The van der Waals surface area contributed by atoms with Gasteiger partial charge in [0.25, 0.3) is 0 Å². The molecule has 0 atom stereocenters. The number of ketones is 1. The first-order valence-corrected chi connectivity index (χ1v) is 4.77. The summed E-state index contributed by atoms with van der Waals surface area (Å²) in [5.41, 5.74) is 1.14. The van der Waals surface area contributed by atoms with Crippen LogP contribution in [0, 0.1) is 0 Å². The van der Waals surface area contributed by atoms with Crippen LogP contribution in [0.15, 0.2) is 24.3 Å². The maximum atomic E-state index is 11.3. The molecule has 0 bridgehead atoms. The first kappa shape index (κ1) is 10.4. The second-order valence-corrected chi connectivity index (χ2v) is 3.33. The Balaban J connectivity index is 2.41. The number of carbonyl (C=O) groups is 2.